The first kappa shape index (κ1) is 13.7. The van der Waals surface area contributed by atoms with Crippen molar-refractivity contribution in [2.24, 2.45) is 0 Å². The molecular weight excluding hydrogens is 220 g/mol. The molecule has 1 aromatic rings. The summed E-state index contributed by atoms with van der Waals surface area (Å²) in [4.78, 5) is 11.3. The van der Waals surface area contributed by atoms with E-state index in [9.17, 15) is 4.79 Å². The molecule has 0 atom stereocenters. The Balaban J connectivity index is 1.94. The lowest BCUT2D eigenvalue weighted by molar-refractivity contribution is -0.125. The molecule has 0 radical (unpaired) electrons. The molecule has 0 spiro atoms. The van der Waals surface area contributed by atoms with Crippen molar-refractivity contribution in [1.82, 2.24) is 10.5 Å². The number of carbonyl (C=O) groups excluding carboxylic acids is 1. The van der Waals surface area contributed by atoms with Crippen LogP contribution in [0.1, 0.15) is 31.7 Å². The molecule has 1 amide bonds. The van der Waals surface area contributed by atoms with Crippen LogP contribution in [0.4, 0.5) is 0 Å². The summed E-state index contributed by atoms with van der Waals surface area (Å²) >= 11 is 0. The molecule has 5 heteroatoms. The lowest BCUT2D eigenvalue weighted by atomic mass is 10.2. The van der Waals surface area contributed by atoms with Gasteiger partial charge in [-0.15, -0.1) is 0 Å². The SMILES string of the molecule is CCCCCOCC(=O)NCCc1cnoc1. The molecule has 96 valence electrons. The summed E-state index contributed by atoms with van der Waals surface area (Å²) in [7, 11) is 0. The van der Waals surface area contributed by atoms with Gasteiger partial charge in [-0.05, 0) is 12.8 Å². The van der Waals surface area contributed by atoms with Crippen LogP contribution < -0.4 is 5.32 Å². The van der Waals surface area contributed by atoms with Crippen LogP contribution in [0.5, 0.6) is 0 Å². The van der Waals surface area contributed by atoms with Crippen molar-refractivity contribution in [3.05, 3.63) is 18.0 Å². The number of hydrogen-bond acceptors (Lipinski definition) is 4. The zero-order valence-corrected chi connectivity index (χ0v) is 10.3. The third kappa shape index (κ3) is 6.73. The summed E-state index contributed by atoms with van der Waals surface area (Å²) < 4.78 is 9.93. The Hall–Kier alpha value is -1.36. The summed E-state index contributed by atoms with van der Waals surface area (Å²) in [6.07, 6.45) is 7.28. The maximum Gasteiger partial charge on any atom is 0.246 e. The number of amides is 1. The average Bonchev–Trinajstić information content (AvgIpc) is 2.82. The van der Waals surface area contributed by atoms with Crippen molar-refractivity contribution in [1.29, 1.82) is 0 Å². The standard InChI is InChI=1S/C12H20N2O3/c1-2-3-4-7-16-10-12(15)13-6-5-11-8-14-17-9-11/h8-9H,2-7,10H2,1H3,(H,13,15). The summed E-state index contributed by atoms with van der Waals surface area (Å²) in [5.41, 5.74) is 0.981. The van der Waals surface area contributed by atoms with Gasteiger partial charge in [0.2, 0.25) is 5.91 Å². The number of rotatable bonds is 9. The van der Waals surface area contributed by atoms with Crippen LogP contribution >= 0.6 is 0 Å². The minimum absolute atomic E-state index is 0.0713. The summed E-state index contributed by atoms with van der Waals surface area (Å²) in [6.45, 7) is 3.52. The predicted molar refractivity (Wildman–Crippen MR) is 63.6 cm³/mol. The van der Waals surface area contributed by atoms with Gasteiger partial charge >= 0.3 is 0 Å². The van der Waals surface area contributed by atoms with E-state index in [2.05, 4.69) is 21.9 Å². The van der Waals surface area contributed by atoms with Crippen molar-refractivity contribution in [2.75, 3.05) is 19.8 Å². The zero-order valence-electron chi connectivity index (χ0n) is 10.3. The van der Waals surface area contributed by atoms with Crippen molar-refractivity contribution in [2.45, 2.75) is 32.6 Å². The van der Waals surface area contributed by atoms with Gasteiger partial charge in [0.05, 0.1) is 6.20 Å². The van der Waals surface area contributed by atoms with E-state index in [4.69, 9.17) is 4.74 Å². The topological polar surface area (TPSA) is 64.4 Å². The Bertz CT molecular complexity index is 299. The van der Waals surface area contributed by atoms with Gasteiger partial charge in [0.1, 0.15) is 12.9 Å². The van der Waals surface area contributed by atoms with Gasteiger partial charge in [-0.3, -0.25) is 4.79 Å². The smallest absolute Gasteiger partial charge is 0.246 e. The highest BCUT2D eigenvalue weighted by Crippen LogP contribution is 1.96. The molecule has 1 rings (SSSR count). The number of unbranched alkanes of at least 4 members (excludes halogenated alkanes) is 2. The molecule has 0 aliphatic rings. The van der Waals surface area contributed by atoms with Crippen LogP contribution in [0, 0.1) is 0 Å². The molecular formula is C12H20N2O3. The molecule has 0 aliphatic carbocycles. The second-order valence-corrected chi connectivity index (χ2v) is 3.89. The lowest BCUT2D eigenvalue weighted by Crippen LogP contribution is -2.29. The molecule has 1 aromatic heterocycles. The Labute approximate surface area is 102 Å². The van der Waals surface area contributed by atoms with E-state index < -0.39 is 0 Å². The van der Waals surface area contributed by atoms with E-state index >= 15 is 0 Å². The monoisotopic (exact) mass is 240 g/mol. The fourth-order valence-corrected chi connectivity index (χ4v) is 1.37. The van der Waals surface area contributed by atoms with E-state index in [-0.39, 0.29) is 12.5 Å². The van der Waals surface area contributed by atoms with Crippen molar-refractivity contribution < 1.29 is 14.1 Å². The summed E-state index contributed by atoms with van der Waals surface area (Å²) in [5, 5.41) is 6.36. The summed E-state index contributed by atoms with van der Waals surface area (Å²) in [5.74, 6) is -0.0713. The van der Waals surface area contributed by atoms with Gasteiger partial charge in [-0.25, -0.2) is 0 Å². The number of nitrogens with one attached hydrogen (secondary N) is 1. The molecule has 1 heterocycles. The van der Waals surface area contributed by atoms with Gasteiger partial charge < -0.3 is 14.6 Å². The van der Waals surface area contributed by atoms with Gasteiger partial charge in [0.15, 0.2) is 0 Å². The maximum atomic E-state index is 11.3. The lowest BCUT2D eigenvalue weighted by Gasteiger charge is -2.05. The van der Waals surface area contributed by atoms with E-state index in [1.807, 2.05) is 0 Å². The van der Waals surface area contributed by atoms with E-state index in [0.29, 0.717) is 13.2 Å². The number of ether oxygens (including phenoxy) is 1. The minimum atomic E-state index is -0.0713. The Morgan fingerprint density at radius 1 is 1.53 bits per heavy atom. The first-order chi connectivity index (χ1) is 8.33. The van der Waals surface area contributed by atoms with Crippen molar-refractivity contribution >= 4 is 5.91 Å². The van der Waals surface area contributed by atoms with Crippen LogP contribution in [0.2, 0.25) is 0 Å². The molecule has 0 saturated heterocycles. The molecule has 0 unspecified atom stereocenters. The Morgan fingerprint density at radius 3 is 3.12 bits per heavy atom. The number of aromatic nitrogens is 1. The normalized spacial score (nSPS) is 10.4. The molecule has 1 N–H and O–H groups in total. The summed E-state index contributed by atoms with van der Waals surface area (Å²) in [6, 6.07) is 0. The van der Waals surface area contributed by atoms with E-state index in [0.717, 1.165) is 31.2 Å². The van der Waals surface area contributed by atoms with Crippen LogP contribution in [0.15, 0.2) is 17.0 Å². The van der Waals surface area contributed by atoms with Crippen LogP contribution in [-0.4, -0.2) is 30.8 Å². The van der Waals surface area contributed by atoms with Crippen molar-refractivity contribution in [3.8, 4) is 0 Å². The minimum Gasteiger partial charge on any atom is -0.372 e. The molecule has 17 heavy (non-hydrogen) atoms. The van der Waals surface area contributed by atoms with Crippen molar-refractivity contribution in [3.63, 3.8) is 0 Å². The van der Waals surface area contributed by atoms with Gasteiger partial charge in [-0.1, -0.05) is 24.9 Å². The highest BCUT2D eigenvalue weighted by Gasteiger charge is 2.01. The highest BCUT2D eigenvalue weighted by molar-refractivity contribution is 5.77. The van der Waals surface area contributed by atoms with Gasteiger partial charge in [0.25, 0.3) is 0 Å². The second kappa shape index (κ2) is 8.75. The number of nitrogens with zero attached hydrogens (tertiary/aromatic N) is 1. The van der Waals surface area contributed by atoms with E-state index in [1.54, 1.807) is 12.5 Å². The van der Waals surface area contributed by atoms with Crippen LogP contribution in [0.25, 0.3) is 0 Å². The molecule has 0 aliphatic heterocycles. The first-order valence-electron chi connectivity index (χ1n) is 6.05. The first-order valence-corrected chi connectivity index (χ1v) is 6.05. The molecule has 5 nitrogen and oxygen atoms in total. The molecule has 0 fully saturated rings. The van der Waals surface area contributed by atoms with Gasteiger partial charge in [-0.2, -0.15) is 0 Å². The quantitative estimate of drug-likeness (QED) is 0.665. The maximum absolute atomic E-state index is 11.3. The fourth-order valence-electron chi connectivity index (χ4n) is 1.37. The number of carbonyl (C=O) groups is 1. The third-order valence-electron chi connectivity index (χ3n) is 2.34. The molecule has 0 bridgehead atoms. The fraction of sp³-hybridized carbons (Fsp3) is 0.667. The largest absolute Gasteiger partial charge is 0.372 e. The zero-order chi connectivity index (χ0) is 12.3. The van der Waals surface area contributed by atoms with Crippen LogP contribution in [0.3, 0.4) is 0 Å². The van der Waals surface area contributed by atoms with Crippen LogP contribution in [-0.2, 0) is 16.0 Å². The third-order valence-corrected chi connectivity index (χ3v) is 2.34. The van der Waals surface area contributed by atoms with Gasteiger partial charge in [0, 0.05) is 18.7 Å². The molecule has 0 aromatic carbocycles. The second-order valence-electron chi connectivity index (χ2n) is 3.89. The predicted octanol–water partition coefficient (Wildman–Crippen LogP) is 1.54. The van der Waals surface area contributed by atoms with E-state index in [1.165, 1.54) is 0 Å². The Morgan fingerprint density at radius 2 is 2.41 bits per heavy atom. The Kier molecular flexibility index (Phi) is 7.06. The number of hydrogen-bond donors (Lipinski definition) is 1. The average molecular weight is 240 g/mol. The highest BCUT2D eigenvalue weighted by atomic mass is 16.5. The molecule has 0 saturated carbocycles.